The summed E-state index contributed by atoms with van der Waals surface area (Å²) >= 11 is 3.47. The summed E-state index contributed by atoms with van der Waals surface area (Å²) in [6.45, 7) is 6.61. The van der Waals surface area contributed by atoms with Crippen LogP contribution >= 0.6 is 15.9 Å². The van der Waals surface area contributed by atoms with Crippen LogP contribution in [0.25, 0.3) is 0 Å². The first-order valence-corrected chi connectivity index (χ1v) is 10.2. The predicted octanol–water partition coefficient (Wildman–Crippen LogP) is 4.87. The quantitative estimate of drug-likeness (QED) is 0.737. The van der Waals surface area contributed by atoms with Gasteiger partial charge in [0.15, 0.2) is 0 Å². The molecule has 1 saturated heterocycles. The van der Waals surface area contributed by atoms with Crippen molar-refractivity contribution in [3.63, 3.8) is 0 Å². The molecule has 0 saturated carbocycles. The molecule has 3 rings (SSSR count). The number of carbonyl (C=O) groups excluding carboxylic acids is 2. The molecule has 1 heterocycles. The van der Waals surface area contributed by atoms with Crippen LogP contribution < -0.4 is 10.2 Å². The summed E-state index contributed by atoms with van der Waals surface area (Å²) in [6, 6.07) is 11.9. The van der Waals surface area contributed by atoms with Gasteiger partial charge in [-0.2, -0.15) is 0 Å². The van der Waals surface area contributed by atoms with Crippen molar-refractivity contribution in [1.29, 1.82) is 0 Å². The number of nitrogens with one attached hydrogen (secondary N) is 1. The third kappa shape index (κ3) is 4.08. The summed E-state index contributed by atoms with van der Waals surface area (Å²) < 4.78 is 1.01. The minimum Gasteiger partial charge on any atom is -0.326 e. The van der Waals surface area contributed by atoms with Crippen LogP contribution in [-0.2, 0) is 22.4 Å². The summed E-state index contributed by atoms with van der Waals surface area (Å²) in [6.07, 6.45) is 1.98. The van der Waals surface area contributed by atoms with Crippen molar-refractivity contribution in [3.8, 4) is 0 Å². The van der Waals surface area contributed by atoms with Crippen molar-refractivity contribution in [2.75, 3.05) is 16.8 Å². The van der Waals surface area contributed by atoms with Gasteiger partial charge in [-0.3, -0.25) is 9.59 Å². The van der Waals surface area contributed by atoms with Gasteiger partial charge >= 0.3 is 0 Å². The first kappa shape index (κ1) is 19.6. The molecule has 0 aliphatic carbocycles. The van der Waals surface area contributed by atoms with Gasteiger partial charge in [0.1, 0.15) is 0 Å². The number of para-hydroxylation sites is 1. The molecular weight excluding hydrogens is 404 g/mol. The molecule has 1 aliphatic heterocycles. The van der Waals surface area contributed by atoms with Crippen molar-refractivity contribution in [1.82, 2.24) is 0 Å². The molecule has 4 nitrogen and oxygen atoms in total. The molecule has 1 atom stereocenters. The molecule has 0 spiro atoms. The highest BCUT2D eigenvalue weighted by Gasteiger charge is 2.36. The lowest BCUT2D eigenvalue weighted by Crippen LogP contribution is -2.29. The number of hydrogen-bond donors (Lipinski definition) is 1. The summed E-state index contributed by atoms with van der Waals surface area (Å²) in [7, 11) is 0. The SMILES string of the molecule is CCc1cccc(CC)c1N1C[C@H](C(=O)Nc2ccc(Br)c(C)c2)CC1=O. The molecule has 1 fully saturated rings. The third-order valence-corrected chi connectivity index (χ3v) is 6.05. The van der Waals surface area contributed by atoms with Gasteiger partial charge in [0.2, 0.25) is 11.8 Å². The average molecular weight is 429 g/mol. The molecule has 27 heavy (non-hydrogen) atoms. The van der Waals surface area contributed by atoms with E-state index in [4.69, 9.17) is 0 Å². The van der Waals surface area contributed by atoms with Gasteiger partial charge in [0.05, 0.1) is 5.92 Å². The van der Waals surface area contributed by atoms with Crippen LogP contribution in [0.4, 0.5) is 11.4 Å². The Kier molecular flexibility index (Phi) is 6.00. The Bertz CT molecular complexity index is 856. The van der Waals surface area contributed by atoms with Crippen LogP contribution in [0.1, 0.15) is 37.0 Å². The van der Waals surface area contributed by atoms with Crippen molar-refractivity contribution in [2.24, 2.45) is 5.92 Å². The Morgan fingerprint density at radius 1 is 1.19 bits per heavy atom. The van der Waals surface area contributed by atoms with E-state index >= 15 is 0 Å². The van der Waals surface area contributed by atoms with Crippen LogP contribution in [-0.4, -0.2) is 18.4 Å². The first-order chi connectivity index (χ1) is 12.9. The van der Waals surface area contributed by atoms with E-state index in [0.29, 0.717) is 6.54 Å². The zero-order valence-electron chi connectivity index (χ0n) is 16.0. The smallest absolute Gasteiger partial charge is 0.229 e. The average Bonchev–Trinajstić information content (AvgIpc) is 3.05. The van der Waals surface area contributed by atoms with Crippen molar-refractivity contribution in [3.05, 3.63) is 57.6 Å². The monoisotopic (exact) mass is 428 g/mol. The second-order valence-electron chi connectivity index (χ2n) is 6.99. The lowest BCUT2D eigenvalue weighted by atomic mass is 10.0. The molecular formula is C22H25BrN2O2. The molecule has 2 aromatic carbocycles. The van der Waals surface area contributed by atoms with Gasteiger partial charge in [-0.1, -0.05) is 48.0 Å². The minimum absolute atomic E-state index is 0.0257. The van der Waals surface area contributed by atoms with Crippen LogP contribution in [0, 0.1) is 12.8 Å². The Morgan fingerprint density at radius 3 is 2.44 bits per heavy atom. The second-order valence-corrected chi connectivity index (χ2v) is 7.84. The lowest BCUT2D eigenvalue weighted by molar-refractivity contribution is -0.122. The zero-order valence-corrected chi connectivity index (χ0v) is 17.6. The Morgan fingerprint density at radius 2 is 1.85 bits per heavy atom. The number of rotatable bonds is 5. The second kappa shape index (κ2) is 8.26. The highest BCUT2D eigenvalue weighted by atomic mass is 79.9. The van der Waals surface area contributed by atoms with Gasteiger partial charge in [-0.05, 0) is 54.7 Å². The number of aryl methyl sites for hydroxylation is 3. The van der Waals surface area contributed by atoms with Crippen LogP contribution in [0.5, 0.6) is 0 Å². The van der Waals surface area contributed by atoms with Crippen LogP contribution in [0.15, 0.2) is 40.9 Å². The molecule has 0 unspecified atom stereocenters. The Labute approximate surface area is 169 Å². The molecule has 1 N–H and O–H groups in total. The molecule has 5 heteroatoms. The number of nitrogens with zero attached hydrogens (tertiary/aromatic N) is 1. The van der Waals surface area contributed by atoms with Crippen molar-refractivity contribution >= 4 is 39.1 Å². The highest BCUT2D eigenvalue weighted by Crippen LogP contribution is 2.33. The lowest BCUT2D eigenvalue weighted by Gasteiger charge is -2.23. The van der Waals surface area contributed by atoms with Crippen LogP contribution in [0.3, 0.4) is 0 Å². The standard InChI is InChI=1S/C22H25BrN2O2/c1-4-15-7-6-8-16(5-2)21(15)25-13-17(12-20(25)26)22(27)24-18-9-10-19(23)14(3)11-18/h6-11,17H,4-5,12-13H2,1-3H3,(H,24,27)/t17-/m1/s1. The van der Waals surface area contributed by atoms with Gasteiger partial charge in [-0.15, -0.1) is 0 Å². The van der Waals surface area contributed by atoms with E-state index in [0.717, 1.165) is 45.4 Å². The number of carbonyl (C=O) groups is 2. The molecule has 142 valence electrons. The van der Waals surface area contributed by atoms with E-state index in [2.05, 4.69) is 47.2 Å². The maximum absolute atomic E-state index is 12.7. The molecule has 2 amide bonds. The van der Waals surface area contributed by atoms with Gasteiger partial charge in [-0.25, -0.2) is 0 Å². The maximum Gasteiger partial charge on any atom is 0.229 e. The van der Waals surface area contributed by atoms with Gasteiger partial charge < -0.3 is 10.2 Å². The third-order valence-electron chi connectivity index (χ3n) is 5.16. The van der Waals surface area contributed by atoms with Crippen LogP contribution in [0.2, 0.25) is 0 Å². The fourth-order valence-electron chi connectivity index (χ4n) is 3.63. The molecule has 0 radical (unpaired) electrons. The number of benzene rings is 2. The Balaban J connectivity index is 1.79. The van der Waals surface area contributed by atoms with Crippen molar-refractivity contribution in [2.45, 2.75) is 40.0 Å². The normalized spacial score (nSPS) is 16.7. The number of halogens is 1. The topological polar surface area (TPSA) is 49.4 Å². The van der Waals surface area contributed by atoms with E-state index in [1.165, 1.54) is 0 Å². The largest absolute Gasteiger partial charge is 0.326 e. The predicted molar refractivity (Wildman–Crippen MR) is 113 cm³/mol. The van der Waals surface area contributed by atoms with E-state index in [1.807, 2.05) is 36.1 Å². The van der Waals surface area contributed by atoms with Gasteiger partial charge in [0, 0.05) is 28.8 Å². The zero-order chi connectivity index (χ0) is 19.6. The number of anilines is 2. The number of hydrogen-bond acceptors (Lipinski definition) is 2. The summed E-state index contributed by atoms with van der Waals surface area (Å²) in [5.41, 5.74) is 5.14. The van der Waals surface area contributed by atoms with E-state index in [-0.39, 0.29) is 24.2 Å². The maximum atomic E-state index is 12.7. The van der Waals surface area contributed by atoms with E-state index in [9.17, 15) is 9.59 Å². The molecule has 0 aromatic heterocycles. The summed E-state index contributed by atoms with van der Waals surface area (Å²) in [4.78, 5) is 27.3. The van der Waals surface area contributed by atoms with E-state index < -0.39 is 0 Å². The summed E-state index contributed by atoms with van der Waals surface area (Å²) in [5, 5.41) is 2.96. The fraction of sp³-hybridized carbons (Fsp3) is 0.364. The van der Waals surface area contributed by atoms with E-state index in [1.54, 1.807) is 0 Å². The number of amides is 2. The molecule has 2 aromatic rings. The van der Waals surface area contributed by atoms with Gasteiger partial charge in [0.25, 0.3) is 0 Å². The minimum atomic E-state index is -0.337. The highest BCUT2D eigenvalue weighted by molar-refractivity contribution is 9.10. The summed E-state index contributed by atoms with van der Waals surface area (Å²) in [5.74, 6) is -0.409. The van der Waals surface area contributed by atoms with Crippen molar-refractivity contribution < 1.29 is 9.59 Å². The Hall–Kier alpha value is -2.14. The molecule has 1 aliphatic rings. The first-order valence-electron chi connectivity index (χ1n) is 9.42. The molecule has 0 bridgehead atoms. The fourth-order valence-corrected chi connectivity index (χ4v) is 3.87.